The van der Waals surface area contributed by atoms with Crippen LogP contribution in [0.15, 0.2) is 23.2 Å². The second kappa shape index (κ2) is 12.2. The van der Waals surface area contributed by atoms with E-state index < -0.39 is 0 Å². The molecule has 1 aliphatic rings. The molecule has 6 nitrogen and oxygen atoms in total. The zero-order chi connectivity index (χ0) is 17.2. The predicted octanol–water partition coefficient (Wildman–Crippen LogP) is 2.47. The molecular formula is C18H31IN4O2. The lowest BCUT2D eigenvalue weighted by molar-refractivity contribution is 0.174. The van der Waals surface area contributed by atoms with Crippen LogP contribution in [0.1, 0.15) is 26.3 Å². The Hall–Kier alpha value is -1.22. The van der Waals surface area contributed by atoms with E-state index in [2.05, 4.69) is 53.4 Å². The van der Waals surface area contributed by atoms with Crippen LogP contribution in [0.25, 0.3) is 0 Å². The Morgan fingerprint density at radius 3 is 2.60 bits per heavy atom. The molecule has 1 aromatic rings. The van der Waals surface area contributed by atoms with Gasteiger partial charge in [-0.05, 0) is 44.1 Å². The van der Waals surface area contributed by atoms with E-state index in [0.29, 0.717) is 6.79 Å². The highest BCUT2D eigenvalue weighted by atomic mass is 127. The first-order chi connectivity index (χ1) is 11.8. The van der Waals surface area contributed by atoms with E-state index in [9.17, 15) is 0 Å². The van der Waals surface area contributed by atoms with Gasteiger partial charge in [-0.2, -0.15) is 0 Å². The Morgan fingerprint density at radius 1 is 1.12 bits per heavy atom. The average Bonchev–Trinajstić information content (AvgIpc) is 3.06. The molecule has 2 rings (SSSR count). The summed E-state index contributed by atoms with van der Waals surface area (Å²) in [6.45, 7) is 12.4. The zero-order valence-corrected chi connectivity index (χ0v) is 17.8. The van der Waals surface area contributed by atoms with E-state index in [1.165, 1.54) is 5.56 Å². The number of guanidine groups is 1. The number of likely N-dealkylation sites (N-methyl/N-ethyl adjacent to an activating group) is 1. The summed E-state index contributed by atoms with van der Waals surface area (Å²) in [4.78, 5) is 7.02. The number of fused-ring (bicyclic) bond motifs is 1. The molecule has 0 fully saturated rings. The Bertz CT molecular complexity index is 536. The number of nitrogens with zero attached hydrogens (tertiary/aromatic N) is 2. The smallest absolute Gasteiger partial charge is 0.231 e. The summed E-state index contributed by atoms with van der Waals surface area (Å²) >= 11 is 0. The monoisotopic (exact) mass is 462 g/mol. The van der Waals surface area contributed by atoms with Gasteiger partial charge in [-0.25, -0.2) is 0 Å². The van der Waals surface area contributed by atoms with Crippen LogP contribution in [-0.4, -0.2) is 56.9 Å². The van der Waals surface area contributed by atoms with E-state index in [-0.39, 0.29) is 24.0 Å². The third kappa shape index (κ3) is 7.27. The predicted molar refractivity (Wildman–Crippen MR) is 113 cm³/mol. The van der Waals surface area contributed by atoms with Crippen molar-refractivity contribution in [3.05, 3.63) is 23.8 Å². The van der Waals surface area contributed by atoms with Crippen LogP contribution in [0, 0.1) is 0 Å². The molecular weight excluding hydrogens is 431 g/mol. The summed E-state index contributed by atoms with van der Waals surface area (Å²) < 4.78 is 10.8. The minimum absolute atomic E-state index is 0. The van der Waals surface area contributed by atoms with Crippen molar-refractivity contribution in [2.75, 3.05) is 46.1 Å². The van der Waals surface area contributed by atoms with E-state index in [4.69, 9.17) is 9.47 Å². The van der Waals surface area contributed by atoms with Crippen LogP contribution in [0.4, 0.5) is 0 Å². The van der Waals surface area contributed by atoms with Gasteiger partial charge >= 0.3 is 0 Å². The molecule has 1 aliphatic heterocycles. The molecule has 0 bridgehead atoms. The van der Waals surface area contributed by atoms with Crippen LogP contribution < -0.4 is 20.1 Å². The van der Waals surface area contributed by atoms with Gasteiger partial charge in [0.1, 0.15) is 0 Å². The summed E-state index contributed by atoms with van der Waals surface area (Å²) in [6.07, 6.45) is 0.914. The fourth-order valence-electron chi connectivity index (χ4n) is 2.61. The van der Waals surface area contributed by atoms with Crippen molar-refractivity contribution in [2.45, 2.75) is 27.2 Å². The minimum Gasteiger partial charge on any atom is -0.454 e. The molecule has 0 saturated heterocycles. The van der Waals surface area contributed by atoms with Crippen molar-refractivity contribution in [3.63, 3.8) is 0 Å². The number of ether oxygens (including phenoxy) is 2. The van der Waals surface area contributed by atoms with Crippen molar-refractivity contribution >= 4 is 29.9 Å². The van der Waals surface area contributed by atoms with Crippen LogP contribution in [0.2, 0.25) is 0 Å². The Morgan fingerprint density at radius 2 is 1.88 bits per heavy atom. The van der Waals surface area contributed by atoms with Crippen molar-refractivity contribution in [1.82, 2.24) is 15.5 Å². The van der Waals surface area contributed by atoms with Gasteiger partial charge in [0.05, 0.1) is 6.54 Å². The summed E-state index contributed by atoms with van der Waals surface area (Å²) in [5, 5.41) is 6.69. The maximum Gasteiger partial charge on any atom is 0.231 e. The number of hydrogen-bond acceptors (Lipinski definition) is 4. The second-order valence-corrected chi connectivity index (χ2v) is 5.65. The highest BCUT2D eigenvalue weighted by molar-refractivity contribution is 14.0. The number of halogens is 1. The lowest BCUT2D eigenvalue weighted by atomic mass is 10.1. The molecule has 0 amide bonds. The molecule has 7 heteroatoms. The van der Waals surface area contributed by atoms with Gasteiger partial charge in [0.2, 0.25) is 6.79 Å². The van der Waals surface area contributed by atoms with Gasteiger partial charge in [0.15, 0.2) is 17.5 Å². The average molecular weight is 462 g/mol. The summed E-state index contributed by atoms with van der Waals surface area (Å²) in [7, 11) is 0. The van der Waals surface area contributed by atoms with Gasteiger partial charge in [-0.3, -0.25) is 4.99 Å². The van der Waals surface area contributed by atoms with E-state index in [1.807, 2.05) is 6.07 Å². The fraction of sp³-hybridized carbons (Fsp3) is 0.611. The topological polar surface area (TPSA) is 58.1 Å². The SMILES string of the molecule is CCNC(=NCCN(CC)CC)NCCc1ccc2c(c1)OCO2.I. The maximum absolute atomic E-state index is 5.42. The van der Waals surface area contributed by atoms with Gasteiger partial charge in [0.25, 0.3) is 0 Å². The van der Waals surface area contributed by atoms with Gasteiger partial charge in [-0.15, -0.1) is 24.0 Å². The van der Waals surface area contributed by atoms with Crippen LogP contribution in [0.3, 0.4) is 0 Å². The maximum atomic E-state index is 5.42. The molecule has 0 saturated carbocycles. The molecule has 0 aromatic heterocycles. The second-order valence-electron chi connectivity index (χ2n) is 5.65. The minimum atomic E-state index is 0. The standard InChI is InChI=1S/C18H30N4O2.HI/c1-4-19-18(21-11-12-22(5-2)6-3)20-10-9-15-7-8-16-17(13-15)24-14-23-16;/h7-8,13H,4-6,9-12,14H2,1-3H3,(H2,19,20,21);1H. The molecule has 1 heterocycles. The number of benzene rings is 1. The molecule has 0 atom stereocenters. The Labute approximate surface area is 168 Å². The quantitative estimate of drug-likeness (QED) is 0.336. The van der Waals surface area contributed by atoms with Crippen molar-refractivity contribution in [3.8, 4) is 11.5 Å². The van der Waals surface area contributed by atoms with Crippen molar-refractivity contribution < 1.29 is 9.47 Å². The Balaban J connectivity index is 0.00000312. The molecule has 0 radical (unpaired) electrons. The first kappa shape index (κ1) is 21.8. The van der Waals surface area contributed by atoms with Crippen LogP contribution in [0.5, 0.6) is 11.5 Å². The van der Waals surface area contributed by atoms with Crippen molar-refractivity contribution in [2.24, 2.45) is 4.99 Å². The van der Waals surface area contributed by atoms with E-state index >= 15 is 0 Å². The number of nitrogens with one attached hydrogen (secondary N) is 2. The number of aliphatic imine (C=N–C) groups is 1. The lowest BCUT2D eigenvalue weighted by Crippen LogP contribution is -2.39. The van der Waals surface area contributed by atoms with Crippen LogP contribution in [-0.2, 0) is 6.42 Å². The zero-order valence-electron chi connectivity index (χ0n) is 15.5. The molecule has 0 unspecified atom stereocenters. The van der Waals surface area contributed by atoms with Crippen LogP contribution >= 0.6 is 24.0 Å². The van der Waals surface area contributed by atoms with Gasteiger partial charge in [-0.1, -0.05) is 19.9 Å². The highest BCUT2D eigenvalue weighted by Gasteiger charge is 2.12. The fourth-order valence-corrected chi connectivity index (χ4v) is 2.61. The highest BCUT2D eigenvalue weighted by Crippen LogP contribution is 2.32. The molecule has 0 aliphatic carbocycles. The molecule has 142 valence electrons. The van der Waals surface area contributed by atoms with Crippen molar-refractivity contribution in [1.29, 1.82) is 0 Å². The summed E-state index contributed by atoms with van der Waals surface area (Å²) in [5.74, 6) is 2.55. The molecule has 25 heavy (non-hydrogen) atoms. The van der Waals surface area contributed by atoms with Gasteiger partial charge < -0.3 is 25.0 Å². The molecule has 1 aromatic carbocycles. The first-order valence-corrected chi connectivity index (χ1v) is 8.89. The summed E-state index contributed by atoms with van der Waals surface area (Å²) in [6, 6.07) is 6.11. The lowest BCUT2D eigenvalue weighted by Gasteiger charge is -2.17. The number of hydrogen-bond donors (Lipinski definition) is 2. The largest absolute Gasteiger partial charge is 0.454 e. The summed E-state index contributed by atoms with van der Waals surface area (Å²) in [5.41, 5.74) is 1.23. The van der Waals surface area contributed by atoms with E-state index in [1.54, 1.807) is 0 Å². The Kier molecular flexibility index (Phi) is 10.6. The van der Waals surface area contributed by atoms with Gasteiger partial charge in [0, 0.05) is 19.6 Å². The van der Waals surface area contributed by atoms with E-state index in [0.717, 1.165) is 63.1 Å². The molecule has 0 spiro atoms. The number of rotatable bonds is 9. The normalized spacial score (nSPS) is 12.9. The third-order valence-corrected chi connectivity index (χ3v) is 4.07. The first-order valence-electron chi connectivity index (χ1n) is 8.89. The molecule has 2 N–H and O–H groups in total. The third-order valence-electron chi connectivity index (χ3n) is 4.07.